The zero-order chi connectivity index (χ0) is 18.2. The fraction of sp³-hybridized carbons (Fsp3) is 0.263. The number of hydrazine groups is 1. The van der Waals surface area contributed by atoms with E-state index in [1.807, 2.05) is 32.0 Å². The molecule has 2 aromatic carbocycles. The van der Waals surface area contributed by atoms with E-state index in [0.717, 1.165) is 16.7 Å². The maximum absolute atomic E-state index is 13.0. The number of aryl methyl sites for hydroxylation is 3. The van der Waals surface area contributed by atoms with Crippen LogP contribution in [0.15, 0.2) is 42.5 Å². The lowest BCUT2D eigenvalue weighted by Gasteiger charge is -2.10. The number of carbonyl (C=O) groups is 2. The van der Waals surface area contributed by atoms with E-state index in [0.29, 0.717) is 12.2 Å². The summed E-state index contributed by atoms with van der Waals surface area (Å²) in [6.07, 6.45) is 0.528. The minimum absolute atomic E-state index is 0.141. The Bertz CT molecular complexity index is 742. The summed E-state index contributed by atoms with van der Waals surface area (Å²) >= 11 is 0. The fourth-order valence-electron chi connectivity index (χ4n) is 2.35. The lowest BCUT2D eigenvalue weighted by atomic mass is 10.1. The molecule has 132 valence electrons. The average Bonchev–Trinajstić information content (AvgIpc) is 2.55. The smallest absolute Gasteiger partial charge is 0.276 e. The maximum atomic E-state index is 13.0. The van der Waals surface area contributed by atoms with Crippen LogP contribution in [-0.2, 0) is 16.0 Å². The second kappa shape index (κ2) is 8.82. The van der Waals surface area contributed by atoms with Gasteiger partial charge in [-0.2, -0.15) is 0 Å². The van der Waals surface area contributed by atoms with Crippen LogP contribution >= 0.6 is 0 Å². The third-order valence-corrected chi connectivity index (χ3v) is 3.44. The molecule has 0 heterocycles. The van der Waals surface area contributed by atoms with Crippen LogP contribution in [0.25, 0.3) is 0 Å². The van der Waals surface area contributed by atoms with Gasteiger partial charge in [-0.1, -0.05) is 18.2 Å². The Labute approximate surface area is 146 Å². The molecular weight excluding hydrogens is 323 g/mol. The predicted octanol–water partition coefficient (Wildman–Crippen LogP) is 2.60. The second-order valence-electron chi connectivity index (χ2n) is 5.84. The zero-order valence-corrected chi connectivity index (χ0v) is 14.3. The molecule has 0 saturated carbocycles. The summed E-state index contributed by atoms with van der Waals surface area (Å²) in [5.74, 6) is -0.554. The first-order chi connectivity index (χ1) is 11.9. The quantitative estimate of drug-likeness (QED) is 0.792. The lowest BCUT2D eigenvalue weighted by molar-refractivity contribution is -0.130. The minimum Gasteiger partial charge on any atom is -0.484 e. The Morgan fingerprint density at radius 2 is 1.68 bits per heavy atom. The van der Waals surface area contributed by atoms with Crippen molar-refractivity contribution < 1.29 is 18.7 Å². The molecule has 0 radical (unpaired) electrons. The summed E-state index contributed by atoms with van der Waals surface area (Å²) in [5, 5.41) is 0. The third-order valence-electron chi connectivity index (χ3n) is 3.44. The third kappa shape index (κ3) is 6.63. The van der Waals surface area contributed by atoms with Crippen LogP contribution < -0.4 is 15.6 Å². The molecule has 2 N–H and O–H groups in total. The van der Waals surface area contributed by atoms with Crippen molar-refractivity contribution >= 4 is 11.8 Å². The van der Waals surface area contributed by atoms with Gasteiger partial charge in [0, 0.05) is 6.42 Å². The number of ether oxygens (including phenoxy) is 1. The number of rotatable bonds is 6. The van der Waals surface area contributed by atoms with Crippen LogP contribution in [-0.4, -0.2) is 18.4 Å². The molecule has 6 heteroatoms. The molecule has 0 fully saturated rings. The summed E-state index contributed by atoms with van der Waals surface area (Å²) in [4.78, 5) is 23.4. The molecule has 0 aliphatic carbocycles. The van der Waals surface area contributed by atoms with Crippen LogP contribution in [0.5, 0.6) is 5.75 Å². The van der Waals surface area contributed by atoms with Crippen LogP contribution in [0.2, 0.25) is 0 Å². The highest BCUT2D eigenvalue weighted by molar-refractivity contribution is 5.82. The van der Waals surface area contributed by atoms with Crippen molar-refractivity contribution in [1.82, 2.24) is 10.9 Å². The molecule has 5 nitrogen and oxygen atoms in total. The van der Waals surface area contributed by atoms with E-state index in [9.17, 15) is 14.0 Å². The van der Waals surface area contributed by atoms with Crippen molar-refractivity contribution in [3.05, 3.63) is 65.0 Å². The Balaban J connectivity index is 1.69. The van der Waals surface area contributed by atoms with Crippen molar-refractivity contribution in [3.63, 3.8) is 0 Å². The van der Waals surface area contributed by atoms with Gasteiger partial charge in [-0.25, -0.2) is 4.39 Å². The van der Waals surface area contributed by atoms with E-state index in [1.54, 1.807) is 12.1 Å². The van der Waals surface area contributed by atoms with E-state index in [4.69, 9.17) is 4.74 Å². The van der Waals surface area contributed by atoms with Gasteiger partial charge in [-0.15, -0.1) is 0 Å². The van der Waals surface area contributed by atoms with Crippen molar-refractivity contribution in [1.29, 1.82) is 0 Å². The molecule has 0 aromatic heterocycles. The summed E-state index contributed by atoms with van der Waals surface area (Å²) < 4.78 is 18.4. The first-order valence-electron chi connectivity index (χ1n) is 7.95. The molecule has 2 aromatic rings. The van der Waals surface area contributed by atoms with Crippen molar-refractivity contribution in [2.45, 2.75) is 26.7 Å². The number of nitrogens with one attached hydrogen (secondary N) is 2. The monoisotopic (exact) mass is 344 g/mol. The van der Waals surface area contributed by atoms with Gasteiger partial charge >= 0.3 is 0 Å². The summed E-state index contributed by atoms with van der Waals surface area (Å²) in [6.45, 7) is 3.69. The first kappa shape index (κ1) is 18.4. The Morgan fingerprint density at radius 3 is 2.36 bits per heavy atom. The van der Waals surface area contributed by atoms with E-state index in [2.05, 4.69) is 10.9 Å². The van der Waals surface area contributed by atoms with Gasteiger partial charge in [-0.3, -0.25) is 20.4 Å². The van der Waals surface area contributed by atoms with Gasteiger partial charge in [-0.05, 0) is 61.2 Å². The van der Waals surface area contributed by atoms with E-state index < -0.39 is 5.91 Å². The van der Waals surface area contributed by atoms with E-state index in [1.165, 1.54) is 12.1 Å². The number of halogens is 1. The fourth-order valence-corrected chi connectivity index (χ4v) is 2.35. The lowest BCUT2D eigenvalue weighted by Crippen LogP contribution is -2.43. The van der Waals surface area contributed by atoms with Gasteiger partial charge < -0.3 is 4.74 Å². The normalized spacial score (nSPS) is 10.2. The Kier molecular flexibility index (Phi) is 6.51. The van der Waals surface area contributed by atoms with Crippen molar-refractivity contribution in [3.8, 4) is 5.75 Å². The van der Waals surface area contributed by atoms with Gasteiger partial charge in [0.1, 0.15) is 11.6 Å². The minimum atomic E-state index is -0.460. The largest absolute Gasteiger partial charge is 0.484 e. The first-order valence-corrected chi connectivity index (χ1v) is 7.95. The predicted molar refractivity (Wildman–Crippen MR) is 92.4 cm³/mol. The number of hydrogen-bond acceptors (Lipinski definition) is 3. The highest BCUT2D eigenvalue weighted by atomic mass is 19.1. The molecule has 0 unspecified atom stereocenters. The average molecular weight is 344 g/mol. The summed E-state index contributed by atoms with van der Waals surface area (Å²) in [6, 6.07) is 11.7. The topological polar surface area (TPSA) is 67.4 Å². The molecule has 0 saturated heterocycles. The van der Waals surface area contributed by atoms with Crippen molar-refractivity contribution in [2.75, 3.05) is 6.61 Å². The molecule has 0 atom stereocenters. The second-order valence-corrected chi connectivity index (χ2v) is 5.84. The summed E-state index contributed by atoms with van der Waals surface area (Å²) in [5.41, 5.74) is 7.41. The number of hydrogen-bond donors (Lipinski definition) is 2. The summed E-state index contributed by atoms with van der Waals surface area (Å²) in [7, 11) is 0. The molecule has 0 aliphatic heterocycles. The molecule has 0 bridgehead atoms. The number of benzene rings is 2. The van der Waals surface area contributed by atoms with E-state index in [-0.39, 0.29) is 24.8 Å². The standard InChI is InChI=1S/C19H21FN2O3/c1-13-8-14(2)10-17(9-13)25-12-19(24)22-21-18(23)7-6-15-4-3-5-16(20)11-15/h3-5,8-11H,6-7,12H2,1-2H3,(H,21,23)(H,22,24). The van der Waals surface area contributed by atoms with Gasteiger partial charge in [0.2, 0.25) is 5.91 Å². The van der Waals surface area contributed by atoms with Gasteiger partial charge in [0.05, 0.1) is 0 Å². The molecule has 0 aliphatic rings. The van der Waals surface area contributed by atoms with Crippen LogP contribution in [0, 0.1) is 19.7 Å². The van der Waals surface area contributed by atoms with Crippen LogP contribution in [0.3, 0.4) is 0 Å². The molecule has 0 spiro atoms. The van der Waals surface area contributed by atoms with Crippen molar-refractivity contribution in [2.24, 2.45) is 0 Å². The van der Waals surface area contributed by atoms with Crippen LogP contribution in [0.1, 0.15) is 23.1 Å². The molecule has 2 rings (SSSR count). The Morgan fingerprint density at radius 1 is 1.00 bits per heavy atom. The number of carbonyl (C=O) groups excluding carboxylic acids is 2. The maximum Gasteiger partial charge on any atom is 0.276 e. The molecular formula is C19H21FN2O3. The van der Waals surface area contributed by atoms with Gasteiger partial charge in [0.25, 0.3) is 5.91 Å². The number of amides is 2. The zero-order valence-electron chi connectivity index (χ0n) is 14.3. The van der Waals surface area contributed by atoms with Gasteiger partial charge in [0.15, 0.2) is 6.61 Å². The highest BCUT2D eigenvalue weighted by Gasteiger charge is 2.07. The van der Waals surface area contributed by atoms with Crippen LogP contribution in [0.4, 0.5) is 4.39 Å². The SMILES string of the molecule is Cc1cc(C)cc(OCC(=O)NNC(=O)CCc2cccc(F)c2)c1. The van der Waals surface area contributed by atoms with E-state index >= 15 is 0 Å². The molecule has 25 heavy (non-hydrogen) atoms. The Hall–Kier alpha value is -2.89. The highest BCUT2D eigenvalue weighted by Crippen LogP contribution is 2.15. The molecule has 2 amide bonds.